The van der Waals surface area contributed by atoms with Gasteiger partial charge in [0.2, 0.25) is 0 Å². The molecule has 0 aliphatic carbocycles. The molecule has 0 spiro atoms. The van der Waals surface area contributed by atoms with Gasteiger partial charge in [-0.05, 0) is 48.5 Å². The van der Waals surface area contributed by atoms with Gasteiger partial charge in [-0.25, -0.2) is 0 Å². The van der Waals surface area contributed by atoms with Gasteiger partial charge in [-0.2, -0.15) is 5.10 Å². The SMILES string of the molecule is Nc1cccc2[nH]nc(-c3ccc(Oc4ccccc4)cc3)c12. The molecular formula is C19H15N3O. The minimum absolute atomic E-state index is 0.718. The fraction of sp³-hybridized carbons (Fsp3) is 0. The fourth-order valence-corrected chi connectivity index (χ4v) is 2.61. The lowest BCUT2D eigenvalue weighted by Crippen LogP contribution is -1.87. The zero-order valence-corrected chi connectivity index (χ0v) is 12.4. The zero-order valence-electron chi connectivity index (χ0n) is 12.4. The monoisotopic (exact) mass is 301 g/mol. The minimum Gasteiger partial charge on any atom is -0.457 e. The Morgan fingerprint density at radius 1 is 0.783 bits per heavy atom. The second kappa shape index (κ2) is 5.50. The molecule has 3 aromatic carbocycles. The van der Waals surface area contributed by atoms with Crippen LogP contribution in [0.5, 0.6) is 11.5 Å². The van der Waals surface area contributed by atoms with Crippen LogP contribution in [0.2, 0.25) is 0 Å². The van der Waals surface area contributed by atoms with Crippen LogP contribution >= 0.6 is 0 Å². The summed E-state index contributed by atoms with van der Waals surface area (Å²) in [7, 11) is 0. The number of ether oxygens (including phenoxy) is 1. The number of aromatic amines is 1. The first-order chi connectivity index (χ1) is 11.3. The Bertz CT molecular complexity index is 943. The molecule has 0 aliphatic heterocycles. The topological polar surface area (TPSA) is 63.9 Å². The Hall–Kier alpha value is -3.27. The average molecular weight is 301 g/mol. The van der Waals surface area contributed by atoms with Crippen LogP contribution in [0.15, 0.2) is 72.8 Å². The summed E-state index contributed by atoms with van der Waals surface area (Å²) in [5.74, 6) is 1.60. The van der Waals surface area contributed by atoms with Crippen LogP contribution in [0.1, 0.15) is 0 Å². The van der Waals surface area contributed by atoms with Gasteiger partial charge in [-0.1, -0.05) is 24.3 Å². The van der Waals surface area contributed by atoms with Crippen molar-refractivity contribution in [2.45, 2.75) is 0 Å². The maximum atomic E-state index is 6.09. The molecule has 0 saturated heterocycles. The largest absolute Gasteiger partial charge is 0.457 e. The lowest BCUT2D eigenvalue weighted by molar-refractivity contribution is 0.483. The number of aromatic nitrogens is 2. The quantitative estimate of drug-likeness (QED) is 0.543. The number of nitrogens with two attached hydrogens (primary N) is 1. The highest BCUT2D eigenvalue weighted by molar-refractivity contribution is 6.01. The van der Waals surface area contributed by atoms with E-state index in [4.69, 9.17) is 10.5 Å². The van der Waals surface area contributed by atoms with Crippen molar-refractivity contribution in [3.05, 3.63) is 72.8 Å². The van der Waals surface area contributed by atoms with Crippen LogP contribution in [-0.4, -0.2) is 10.2 Å². The van der Waals surface area contributed by atoms with Crippen LogP contribution < -0.4 is 10.5 Å². The highest BCUT2D eigenvalue weighted by atomic mass is 16.5. The first-order valence-corrected chi connectivity index (χ1v) is 7.37. The van der Waals surface area contributed by atoms with E-state index in [2.05, 4.69) is 10.2 Å². The van der Waals surface area contributed by atoms with E-state index in [1.807, 2.05) is 72.8 Å². The molecule has 4 heteroatoms. The van der Waals surface area contributed by atoms with Gasteiger partial charge in [-0.3, -0.25) is 5.10 Å². The van der Waals surface area contributed by atoms with Crippen molar-refractivity contribution in [3.63, 3.8) is 0 Å². The summed E-state index contributed by atoms with van der Waals surface area (Å²) in [6.07, 6.45) is 0. The van der Waals surface area contributed by atoms with Crippen LogP contribution in [-0.2, 0) is 0 Å². The second-order valence-corrected chi connectivity index (χ2v) is 5.28. The molecule has 3 N–H and O–H groups in total. The summed E-state index contributed by atoms with van der Waals surface area (Å²) in [6, 6.07) is 23.3. The van der Waals surface area contributed by atoms with E-state index in [-0.39, 0.29) is 0 Å². The molecule has 1 aromatic heterocycles. The lowest BCUT2D eigenvalue weighted by Gasteiger charge is -2.06. The molecular weight excluding hydrogens is 286 g/mol. The molecule has 1 heterocycles. The fourth-order valence-electron chi connectivity index (χ4n) is 2.61. The number of nitrogens with zero attached hydrogens (tertiary/aromatic N) is 1. The highest BCUT2D eigenvalue weighted by Crippen LogP contribution is 2.32. The summed E-state index contributed by atoms with van der Waals surface area (Å²) >= 11 is 0. The Balaban J connectivity index is 1.67. The summed E-state index contributed by atoms with van der Waals surface area (Å²) in [5.41, 5.74) is 9.59. The van der Waals surface area contributed by atoms with Crippen molar-refractivity contribution in [2.75, 3.05) is 5.73 Å². The third-order valence-electron chi connectivity index (χ3n) is 3.73. The predicted molar refractivity (Wildman–Crippen MR) is 92.5 cm³/mol. The molecule has 0 fully saturated rings. The Labute approximate surface area is 133 Å². The van der Waals surface area contributed by atoms with E-state index < -0.39 is 0 Å². The third kappa shape index (κ3) is 2.51. The van der Waals surface area contributed by atoms with Gasteiger partial charge >= 0.3 is 0 Å². The lowest BCUT2D eigenvalue weighted by atomic mass is 10.1. The van der Waals surface area contributed by atoms with Crippen molar-refractivity contribution in [1.82, 2.24) is 10.2 Å². The summed E-state index contributed by atoms with van der Waals surface area (Å²) in [5, 5.41) is 8.36. The van der Waals surface area contributed by atoms with E-state index in [0.29, 0.717) is 0 Å². The number of anilines is 1. The van der Waals surface area contributed by atoms with Gasteiger partial charge in [0.1, 0.15) is 17.2 Å². The molecule has 0 amide bonds. The standard InChI is InChI=1S/C19H15N3O/c20-16-7-4-8-17-18(16)19(22-21-17)13-9-11-15(12-10-13)23-14-5-2-1-3-6-14/h1-12H,20H2,(H,21,22). The Morgan fingerprint density at radius 3 is 2.30 bits per heavy atom. The maximum absolute atomic E-state index is 6.09. The van der Waals surface area contributed by atoms with Crippen molar-refractivity contribution in [1.29, 1.82) is 0 Å². The van der Waals surface area contributed by atoms with Gasteiger partial charge in [0.05, 0.1) is 10.9 Å². The van der Waals surface area contributed by atoms with E-state index >= 15 is 0 Å². The number of benzene rings is 3. The molecule has 4 nitrogen and oxygen atoms in total. The van der Waals surface area contributed by atoms with Crippen molar-refractivity contribution >= 4 is 16.6 Å². The number of para-hydroxylation sites is 1. The van der Waals surface area contributed by atoms with Gasteiger partial charge in [0.25, 0.3) is 0 Å². The van der Waals surface area contributed by atoms with Gasteiger partial charge < -0.3 is 10.5 Å². The number of rotatable bonds is 3. The molecule has 0 aliphatic rings. The highest BCUT2D eigenvalue weighted by Gasteiger charge is 2.10. The summed E-state index contributed by atoms with van der Waals surface area (Å²) < 4.78 is 5.81. The zero-order chi connectivity index (χ0) is 15.6. The number of H-pyrrole nitrogens is 1. The molecule has 0 saturated carbocycles. The van der Waals surface area contributed by atoms with E-state index in [9.17, 15) is 0 Å². The van der Waals surface area contributed by atoms with Crippen LogP contribution in [0.4, 0.5) is 5.69 Å². The first-order valence-electron chi connectivity index (χ1n) is 7.37. The summed E-state index contributed by atoms with van der Waals surface area (Å²) in [4.78, 5) is 0. The molecule has 0 radical (unpaired) electrons. The number of nitrogens with one attached hydrogen (secondary N) is 1. The van der Waals surface area contributed by atoms with E-state index in [1.54, 1.807) is 0 Å². The van der Waals surface area contributed by atoms with Crippen LogP contribution in [0.3, 0.4) is 0 Å². The Kier molecular flexibility index (Phi) is 3.20. The smallest absolute Gasteiger partial charge is 0.127 e. The predicted octanol–water partition coefficient (Wildman–Crippen LogP) is 4.60. The van der Waals surface area contributed by atoms with Gasteiger partial charge in [-0.15, -0.1) is 0 Å². The number of nitrogen functional groups attached to an aromatic ring is 1. The normalized spacial score (nSPS) is 10.8. The Morgan fingerprint density at radius 2 is 1.52 bits per heavy atom. The van der Waals surface area contributed by atoms with Gasteiger partial charge in [0.15, 0.2) is 0 Å². The van der Waals surface area contributed by atoms with Crippen molar-refractivity contribution in [3.8, 4) is 22.8 Å². The average Bonchev–Trinajstić information content (AvgIpc) is 3.02. The maximum Gasteiger partial charge on any atom is 0.127 e. The number of fused-ring (bicyclic) bond motifs is 1. The molecule has 4 aromatic rings. The van der Waals surface area contributed by atoms with E-state index in [1.165, 1.54) is 0 Å². The summed E-state index contributed by atoms with van der Waals surface area (Å²) in [6.45, 7) is 0. The first kappa shape index (κ1) is 13.4. The van der Waals surface area contributed by atoms with E-state index in [0.717, 1.165) is 39.3 Å². The second-order valence-electron chi connectivity index (χ2n) is 5.28. The van der Waals surface area contributed by atoms with Crippen LogP contribution in [0, 0.1) is 0 Å². The minimum atomic E-state index is 0.718. The number of hydrogen-bond donors (Lipinski definition) is 2. The molecule has 0 atom stereocenters. The van der Waals surface area contributed by atoms with Gasteiger partial charge in [0, 0.05) is 11.3 Å². The molecule has 112 valence electrons. The van der Waals surface area contributed by atoms with Crippen molar-refractivity contribution < 1.29 is 4.74 Å². The molecule has 0 unspecified atom stereocenters. The van der Waals surface area contributed by atoms with Crippen molar-refractivity contribution in [2.24, 2.45) is 0 Å². The molecule has 23 heavy (non-hydrogen) atoms. The molecule has 4 rings (SSSR count). The van der Waals surface area contributed by atoms with Crippen LogP contribution in [0.25, 0.3) is 22.2 Å². The third-order valence-corrected chi connectivity index (χ3v) is 3.73. The molecule has 0 bridgehead atoms. The number of hydrogen-bond acceptors (Lipinski definition) is 3.